The maximum Gasteiger partial charge on any atom is 0.234 e. The zero-order valence-corrected chi connectivity index (χ0v) is 17.2. The fourth-order valence-corrected chi connectivity index (χ4v) is 4.09. The van der Waals surface area contributed by atoms with Gasteiger partial charge in [-0.05, 0) is 31.2 Å². The van der Waals surface area contributed by atoms with Crippen LogP contribution in [0.1, 0.15) is 18.6 Å². The first-order valence-electron chi connectivity index (χ1n) is 9.04. The van der Waals surface area contributed by atoms with Gasteiger partial charge in [0.2, 0.25) is 11.8 Å². The molecular formula is C21H20N4O4S. The van der Waals surface area contributed by atoms with Gasteiger partial charge in [0, 0.05) is 5.71 Å². The Bertz CT molecular complexity index is 1050. The molecule has 0 radical (unpaired) electrons. The number of ether oxygens (including phenoxy) is 1. The lowest BCUT2D eigenvalue weighted by Gasteiger charge is -2.29. The number of hydrogen-bond acceptors (Lipinski definition) is 7. The number of para-hydroxylation sites is 2. The van der Waals surface area contributed by atoms with Gasteiger partial charge in [0.1, 0.15) is 16.5 Å². The second-order valence-electron chi connectivity index (χ2n) is 6.50. The van der Waals surface area contributed by atoms with E-state index in [-0.39, 0.29) is 17.2 Å². The lowest BCUT2D eigenvalue weighted by Crippen LogP contribution is -2.36. The predicted octanol–water partition coefficient (Wildman–Crippen LogP) is 3.05. The van der Waals surface area contributed by atoms with Gasteiger partial charge in [0.05, 0.1) is 48.3 Å². The molecule has 1 aromatic carbocycles. The summed E-state index contributed by atoms with van der Waals surface area (Å²) in [5.74, 6) is -1.41. The Hall–Kier alpha value is -3.51. The summed E-state index contributed by atoms with van der Waals surface area (Å²) in [6.45, 7) is 1.71. The van der Waals surface area contributed by atoms with E-state index < -0.39 is 17.7 Å². The molecule has 2 aromatic rings. The number of carbonyl (C=O) groups is 2. The number of carbonyl (C=O) groups excluding carboxylic acids is 2. The van der Waals surface area contributed by atoms with Crippen molar-refractivity contribution in [2.24, 2.45) is 16.6 Å². The second-order valence-corrected chi connectivity index (χ2v) is 7.46. The van der Waals surface area contributed by atoms with E-state index >= 15 is 0 Å². The fourth-order valence-electron chi connectivity index (χ4n) is 3.27. The summed E-state index contributed by atoms with van der Waals surface area (Å²) in [6.07, 6.45) is 1.48. The highest BCUT2D eigenvalue weighted by Gasteiger charge is 2.41. The number of benzene rings is 1. The van der Waals surface area contributed by atoms with Crippen LogP contribution in [0.4, 0.5) is 5.69 Å². The molecule has 3 rings (SSSR count). The molecule has 30 heavy (non-hydrogen) atoms. The molecule has 0 saturated heterocycles. The molecule has 154 valence electrons. The lowest BCUT2D eigenvalue weighted by atomic mass is 9.79. The van der Waals surface area contributed by atoms with Gasteiger partial charge in [-0.2, -0.15) is 5.26 Å². The predicted molar refractivity (Wildman–Crippen MR) is 114 cm³/mol. The van der Waals surface area contributed by atoms with Crippen LogP contribution < -0.4 is 15.8 Å². The number of nitriles is 1. The maximum absolute atomic E-state index is 13.3. The third kappa shape index (κ3) is 4.39. The lowest BCUT2D eigenvalue weighted by molar-refractivity contribution is -0.118. The minimum Gasteiger partial charge on any atom is -0.495 e. The number of amides is 2. The summed E-state index contributed by atoms with van der Waals surface area (Å²) < 4.78 is 10.9. The van der Waals surface area contributed by atoms with Crippen molar-refractivity contribution in [3.8, 4) is 11.8 Å². The molecule has 0 fully saturated rings. The van der Waals surface area contributed by atoms with E-state index in [9.17, 15) is 14.9 Å². The van der Waals surface area contributed by atoms with Gasteiger partial charge in [0.15, 0.2) is 0 Å². The molecule has 1 aromatic heterocycles. The molecule has 0 bridgehead atoms. The van der Waals surface area contributed by atoms with Crippen molar-refractivity contribution in [2.75, 3.05) is 18.2 Å². The minimum atomic E-state index is -0.784. The molecule has 2 atom stereocenters. The highest BCUT2D eigenvalue weighted by atomic mass is 32.2. The minimum absolute atomic E-state index is 0.0275. The van der Waals surface area contributed by atoms with Gasteiger partial charge >= 0.3 is 0 Å². The summed E-state index contributed by atoms with van der Waals surface area (Å²) in [5, 5.41) is 13.1. The van der Waals surface area contributed by atoms with Gasteiger partial charge in [-0.25, -0.2) is 4.99 Å². The Morgan fingerprint density at radius 1 is 1.33 bits per heavy atom. The smallest absolute Gasteiger partial charge is 0.234 e. The number of nitrogens with two attached hydrogens (primary N) is 1. The molecule has 1 aliphatic heterocycles. The van der Waals surface area contributed by atoms with Crippen LogP contribution in [0, 0.1) is 17.2 Å². The third-order valence-electron chi connectivity index (χ3n) is 4.57. The zero-order valence-electron chi connectivity index (χ0n) is 16.4. The number of primary amides is 1. The summed E-state index contributed by atoms with van der Waals surface area (Å²) in [7, 11) is 1.52. The van der Waals surface area contributed by atoms with Crippen molar-refractivity contribution in [1.29, 1.82) is 5.26 Å². The summed E-state index contributed by atoms with van der Waals surface area (Å²) in [5.41, 5.74) is 6.49. The van der Waals surface area contributed by atoms with E-state index in [4.69, 9.17) is 14.9 Å². The van der Waals surface area contributed by atoms with Crippen LogP contribution in [0.15, 0.2) is 62.7 Å². The topological polar surface area (TPSA) is 131 Å². The van der Waals surface area contributed by atoms with Gasteiger partial charge in [-0.1, -0.05) is 23.9 Å². The van der Waals surface area contributed by atoms with Crippen molar-refractivity contribution >= 4 is 35.0 Å². The van der Waals surface area contributed by atoms with E-state index in [1.807, 2.05) is 0 Å². The second kappa shape index (κ2) is 9.33. The van der Waals surface area contributed by atoms with E-state index in [2.05, 4.69) is 16.4 Å². The largest absolute Gasteiger partial charge is 0.495 e. The van der Waals surface area contributed by atoms with Gasteiger partial charge < -0.3 is 20.2 Å². The zero-order chi connectivity index (χ0) is 21.7. The van der Waals surface area contributed by atoms with Gasteiger partial charge in [-0.15, -0.1) is 0 Å². The number of hydrogen-bond donors (Lipinski definition) is 2. The van der Waals surface area contributed by atoms with Crippen LogP contribution >= 0.6 is 11.8 Å². The normalized spacial score (nSPS) is 18.4. The summed E-state index contributed by atoms with van der Waals surface area (Å²) in [4.78, 5) is 29.0. The number of allylic oxidation sites excluding steroid dienone is 1. The molecule has 2 amide bonds. The SMILES string of the molecule is COc1ccccc1NC(=O)C1C(C)=NC(SCC(N)=O)=C(C#N)[C@H]1c1ccco1. The summed E-state index contributed by atoms with van der Waals surface area (Å²) >= 11 is 1.07. The van der Waals surface area contributed by atoms with Crippen molar-refractivity contribution in [1.82, 2.24) is 0 Å². The first-order chi connectivity index (χ1) is 14.5. The Labute approximate surface area is 177 Å². The van der Waals surface area contributed by atoms with Crippen molar-refractivity contribution in [3.05, 3.63) is 59.0 Å². The van der Waals surface area contributed by atoms with Crippen LogP contribution in [-0.2, 0) is 9.59 Å². The van der Waals surface area contributed by atoms with E-state index in [1.165, 1.54) is 13.4 Å². The number of anilines is 1. The van der Waals surface area contributed by atoms with E-state index in [0.717, 1.165) is 11.8 Å². The Balaban J connectivity index is 2.01. The van der Waals surface area contributed by atoms with Crippen LogP contribution in [0.3, 0.4) is 0 Å². The van der Waals surface area contributed by atoms with Gasteiger partial charge in [-0.3, -0.25) is 9.59 Å². The van der Waals surface area contributed by atoms with Crippen LogP contribution in [0.5, 0.6) is 5.75 Å². The molecule has 0 aliphatic carbocycles. The Morgan fingerprint density at radius 2 is 2.10 bits per heavy atom. The molecule has 1 unspecified atom stereocenters. The molecule has 2 heterocycles. The van der Waals surface area contributed by atoms with Crippen LogP contribution in [0.25, 0.3) is 0 Å². The number of nitrogens with one attached hydrogen (secondary N) is 1. The van der Waals surface area contributed by atoms with Crippen LogP contribution in [0.2, 0.25) is 0 Å². The average Bonchev–Trinajstić information content (AvgIpc) is 3.26. The van der Waals surface area contributed by atoms with Gasteiger partial charge in [0.25, 0.3) is 0 Å². The highest BCUT2D eigenvalue weighted by Crippen LogP contribution is 2.42. The molecule has 8 nitrogen and oxygen atoms in total. The monoisotopic (exact) mass is 424 g/mol. The Kier molecular flexibility index (Phi) is 6.59. The van der Waals surface area contributed by atoms with E-state index in [1.54, 1.807) is 43.3 Å². The van der Waals surface area contributed by atoms with E-state index in [0.29, 0.717) is 27.9 Å². The number of thioether (sulfide) groups is 1. The number of aliphatic imine (C=N–C) groups is 1. The fraction of sp³-hybridized carbons (Fsp3) is 0.238. The molecule has 1 aliphatic rings. The number of methoxy groups -OCH3 is 1. The molecule has 0 spiro atoms. The first kappa shape index (κ1) is 21.2. The average molecular weight is 424 g/mol. The maximum atomic E-state index is 13.3. The third-order valence-corrected chi connectivity index (χ3v) is 5.58. The standard InChI is InChI=1S/C21H20N4O4S/c1-12-18(20(27)25-14-6-3-4-7-15(14)28-2)19(16-8-5-9-29-16)13(10-22)21(24-12)30-11-17(23)26/h3-9,18-19H,11H2,1-2H3,(H2,23,26)(H,25,27)/t18?,19-/m0/s1. The highest BCUT2D eigenvalue weighted by molar-refractivity contribution is 8.03. The van der Waals surface area contributed by atoms with Crippen molar-refractivity contribution in [3.63, 3.8) is 0 Å². The van der Waals surface area contributed by atoms with Crippen molar-refractivity contribution < 1.29 is 18.7 Å². The molecule has 3 N–H and O–H groups in total. The number of rotatable bonds is 7. The Morgan fingerprint density at radius 3 is 2.73 bits per heavy atom. The first-order valence-corrected chi connectivity index (χ1v) is 10.0. The molecule has 0 saturated carbocycles. The molecule has 9 heteroatoms. The molecular weight excluding hydrogens is 404 g/mol. The number of nitrogens with zero attached hydrogens (tertiary/aromatic N) is 2. The number of furan rings is 1. The summed E-state index contributed by atoms with van der Waals surface area (Å²) in [6, 6.07) is 12.6. The van der Waals surface area contributed by atoms with Crippen LogP contribution in [-0.4, -0.2) is 30.4 Å². The van der Waals surface area contributed by atoms with Crippen molar-refractivity contribution in [2.45, 2.75) is 12.8 Å². The quantitative estimate of drug-likeness (QED) is 0.702.